The lowest BCUT2D eigenvalue weighted by Crippen LogP contribution is -2.45. The molecule has 0 bridgehead atoms. The third-order valence-corrected chi connectivity index (χ3v) is 8.62. The highest BCUT2D eigenvalue weighted by Gasteiger charge is 2.56. The van der Waals surface area contributed by atoms with Crippen LogP contribution in [0.15, 0.2) is 76.3 Å². The van der Waals surface area contributed by atoms with Crippen LogP contribution in [-0.2, 0) is 28.7 Å². The first-order valence-electron chi connectivity index (χ1n) is 9.49. The van der Waals surface area contributed by atoms with Gasteiger partial charge in [0, 0.05) is 26.2 Å². The van der Waals surface area contributed by atoms with Gasteiger partial charge < -0.3 is 0 Å². The smallest absolute Gasteiger partial charge is 0.244 e. The quantitative estimate of drug-likeness (QED) is 0.651. The number of fused-ring (bicyclic) bond motifs is 2. The average molecular weight is 411 g/mol. The van der Waals surface area contributed by atoms with Crippen molar-refractivity contribution in [3.8, 4) is 0 Å². The standard InChI is InChI=1S/C22H22N2O2S2/c25-28(26)21-9-5-4-8-20(21)22(24(28)15-18-6-2-1-3-7-18)11-12-23(17-22)14-19-10-13-27-16-19/h1-10,13,16H,11-12,14-15,17H2. The Balaban J connectivity index is 1.55. The number of benzene rings is 2. The minimum absolute atomic E-state index is 0.407. The Kier molecular flexibility index (Phi) is 4.39. The van der Waals surface area contributed by atoms with Gasteiger partial charge in [0.05, 0.1) is 10.4 Å². The summed E-state index contributed by atoms with van der Waals surface area (Å²) < 4.78 is 28.7. The maximum absolute atomic E-state index is 13.5. The lowest BCUT2D eigenvalue weighted by molar-refractivity contribution is 0.184. The van der Waals surface area contributed by atoms with Crippen LogP contribution < -0.4 is 0 Å². The molecule has 0 radical (unpaired) electrons. The molecule has 1 spiro atoms. The topological polar surface area (TPSA) is 40.6 Å². The Morgan fingerprint density at radius 2 is 1.71 bits per heavy atom. The highest BCUT2D eigenvalue weighted by Crippen LogP contribution is 2.50. The predicted molar refractivity (Wildman–Crippen MR) is 112 cm³/mol. The van der Waals surface area contributed by atoms with E-state index in [9.17, 15) is 8.42 Å². The molecule has 5 rings (SSSR count). The van der Waals surface area contributed by atoms with Crippen LogP contribution >= 0.6 is 11.3 Å². The summed E-state index contributed by atoms with van der Waals surface area (Å²) in [5.41, 5.74) is 2.79. The predicted octanol–water partition coefficient (Wildman–Crippen LogP) is 4.05. The Hall–Kier alpha value is -1.99. The number of hydrogen-bond donors (Lipinski definition) is 0. The maximum Gasteiger partial charge on any atom is 0.244 e. The Labute approximate surface area is 170 Å². The first-order valence-corrected chi connectivity index (χ1v) is 11.9. The van der Waals surface area contributed by atoms with Gasteiger partial charge in [-0.3, -0.25) is 4.90 Å². The minimum Gasteiger partial charge on any atom is -0.297 e. The summed E-state index contributed by atoms with van der Waals surface area (Å²) in [5.74, 6) is 0. The van der Waals surface area contributed by atoms with Gasteiger partial charge in [0.15, 0.2) is 0 Å². The molecular weight excluding hydrogens is 388 g/mol. The lowest BCUT2D eigenvalue weighted by Gasteiger charge is -2.34. The summed E-state index contributed by atoms with van der Waals surface area (Å²) >= 11 is 1.70. The monoisotopic (exact) mass is 410 g/mol. The van der Waals surface area contributed by atoms with Crippen LogP contribution in [0, 0.1) is 0 Å². The molecule has 1 fully saturated rings. The first-order chi connectivity index (χ1) is 13.6. The molecule has 2 aromatic carbocycles. The fraction of sp³-hybridized carbons (Fsp3) is 0.273. The largest absolute Gasteiger partial charge is 0.297 e. The van der Waals surface area contributed by atoms with Crippen molar-refractivity contribution in [1.82, 2.24) is 9.21 Å². The summed E-state index contributed by atoms with van der Waals surface area (Å²) in [6.07, 6.45) is 0.820. The molecule has 0 N–H and O–H groups in total. The zero-order valence-corrected chi connectivity index (χ0v) is 17.1. The molecular formula is C22H22N2O2S2. The van der Waals surface area contributed by atoms with Gasteiger partial charge >= 0.3 is 0 Å². The third-order valence-electron chi connectivity index (χ3n) is 5.92. The van der Waals surface area contributed by atoms with Gasteiger partial charge in [-0.25, -0.2) is 8.42 Å². The second-order valence-corrected chi connectivity index (χ2v) is 10.2. The van der Waals surface area contributed by atoms with Crippen LogP contribution in [0.3, 0.4) is 0 Å². The third kappa shape index (κ3) is 2.83. The summed E-state index contributed by atoms with van der Waals surface area (Å²) in [6, 6.07) is 19.6. The zero-order valence-electron chi connectivity index (χ0n) is 15.5. The Morgan fingerprint density at radius 1 is 0.929 bits per heavy atom. The maximum atomic E-state index is 13.5. The molecule has 1 unspecified atom stereocenters. The first kappa shape index (κ1) is 18.1. The summed E-state index contributed by atoms with van der Waals surface area (Å²) in [4.78, 5) is 2.86. The number of nitrogens with zero attached hydrogens (tertiary/aromatic N) is 2. The van der Waals surface area contributed by atoms with E-state index in [2.05, 4.69) is 21.7 Å². The van der Waals surface area contributed by atoms with E-state index in [1.807, 2.05) is 48.5 Å². The van der Waals surface area contributed by atoms with Gasteiger partial charge in [-0.1, -0.05) is 48.5 Å². The van der Waals surface area contributed by atoms with Crippen molar-refractivity contribution in [2.45, 2.75) is 29.9 Å². The second kappa shape index (κ2) is 6.81. The molecule has 0 saturated carbocycles. The van der Waals surface area contributed by atoms with Crippen molar-refractivity contribution in [1.29, 1.82) is 0 Å². The summed E-state index contributed by atoms with van der Waals surface area (Å²) in [7, 11) is -3.51. The molecule has 6 heteroatoms. The van der Waals surface area contributed by atoms with Crippen molar-refractivity contribution in [2.24, 2.45) is 0 Å². The van der Waals surface area contributed by atoms with Crippen LogP contribution in [-0.4, -0.2) is 30.7 Å². The highest BCUT2D eigenvalue weighted by atomic mass is 32.2. The van der Waals surface area contributed by atoms with Crippen molar-refractivity contribution in [3.05, 3.63) is 88.1 Å². The van der Waals surface area contributed by atoms with E-state index in [0.717, 1.165) is 37.2 Å². The molecule has 1 aromatic heterocycles. The van der Waals surface area contributed by atoms with E-state index < -0.39 is 15.6 Å². The van der Waals surface area contributed by atoms with Crippen LogP contribution in [0.2, 0.25) is 0 Å². The van der Waals surface area contributed by atoms with Crippen LogP contribution in [0.4, 0.5) is 0 Å². The minimum atomic E-state index is -3.51. The number of hydrogen-bond acceptors (Lipinski definition) is 4. The molecule has 1 atom stereocenters. The van der Waals surface area contributed by atoms with E-state index in [4.69, 9.17) is 0 Å². The summed E-state index contributed by atoms with van der Waals surface area (Å²) in [6.45, 7) is 2.90. The average Bonchev–Trinajstić information content (AvgIpc) is 3.41. The van der Waals surface area contributed by atoms with Crippen molar-refractivity contribution >= 4 is 21.4 Å². The fourth-order valence-electron chi connectivity index (χ4n) is 4.61. The molecule has 28 heavy (non-hydrogen) atoms. The zero-order chi connectivity index (χ0) is 19.2. The van der Waals surface area contributed by atoms with Crippen LogP contribution in [0.5, 0.6) is 0 Å². The van der Waals surface area contributed by atoms with Gasteiger partial charge in [-0.15, -0.1) is 0 Å². The van der Waals surface area contributed by atoms with Crippen LogP contribution in [0.25, 0.3) is 0 Å². The van der Waals surface area contributed by atoms with Gasteiger partial charge in [0.1, 0.15) is 0 Å². The fourth-order valence-corrected chi connectivity index (χ4v) is 7.33. The Morgan fingerprint density at radius 3 is 2.50 bits per heavy atom. The molecule has 2 aliphatic heterocycles. The molecule has 3 aromatic rings. The van der Waals surface area contributed by atoms with Gasteiger partial charge in [0.25, 0.3) is 0 Å². The van der Waals surface area contributed by atoms with Crippen LogP contribution in [0.1, 0.15) is 23.1 Å². The normalized spacial score (nSPS) is 24.0. The van der Waals surface area contributed by atoms with Gasteiger partial charge in [0.2, 0.25) is 10.0 Å². The Bertz CT molecular complexity index is 1080. The molecule has 2 aliphatic rings. The van der Waals surface area contributed by atoms with Crippen molar-refractivity contribution in [3.63, 3.8) is 0 Å². The molecule has 0 amide bonds. The molecule has 4 nitrogen and oxygen atoms in total. The van der Waals surface area contributed by atoms with E-state index in [-0.39, 0.29) is 0 Å². The van der Waals surface area contributed by atoms with E-state index in [0.29, 0.717) is 11.4 Å². The molecule has 0 aliphatic carbocycles. The molecule has 3 heterocycles. The van der Waals surface area contributed by atoms with Crippen molar-refractivity contribution in [2.75, 3.05) is 13.1 Å². The van der Waals surface area contributed by atoms with Crippen molar-refractivity contribution < 1.29 is 8.42 Å². The second-order valence-electron chi connectivity index (χ2n) is 7.62. The van der Waals surface area contributed by atoms with E-state index in [1.165, 1.54) is 5.56 Å². The van der Waals surface area contributed by atoms with E-state index in [1.54, 1.807) is 21.7 Å². The summed E-state index contributed by atoms with van der Waals surface area (Å²) in [5, 5.41) is 4.27. The lowest BCUT2D eigenvalue weighted by atomic mass is 9.88. The molecule has 1 saturated heterocycles. The number of thiophene rings is 1. The molecule has 144 valence electrons. The number of sulfonamides is 1. The van der Waals surface area contributed by atoms with Gasteiger partial charge in [-0.05, 0) is 46.0 Å². The SMILES string of the molecule is O=S1(=O)c2ccccc2C2(CCN(Cc3ccsc3)C2)N1Cc1ccccc1. The highest BCUT2D eigenvalue weighted by molar-refractivity contribution is 7.89. The van der Waals surface area contributed by atoms with Gasteiger partial charge in [-0.2, -0.15) is 15.6 Å². The van der Waals surface area contributed by atoms with E-state index >= 15 is 0 Å². The number of likely N-dealkylation sites (tertiary alicyclic amines) is 1. The number of rotatable bonds is 4.